The average molecular weight is 372 g/mol. The minimum atomic E-state index is -0.287. The predicted molar refractivity (Wildman–Crippen MR) is 99.3 cm³/mol. The van der Waals surface area contributed by atoms with Crippen molar-refractivity contribution in [1.29, 1.82) is 0 Å². The first-order chi connectivity index (χ1) is 12.5. The first-order valence-electron chi connectivity index (χ1n) is 10.2. The molecule has 26 heavy (non-hydrogen) atoms. The Morgan fingerprint density at radius 1 is 0.769 bits per heavy atom. The standard InChI is InChI=1S/C20H37NO5/c1-19(2)16-4-5-20(19,3)18(22)17(16)21-6-8-23-10-12-25-14-15-26-13-11-24-9-7-21/h16-18,22H,4-15H2,1-3H3/t16-,17-,18-,20+/m1/s1. The van der Waals surface area contributed by atoms with Gasteiger partial charge < -0.3 is 24.1 Å². The van der Waals surface area contributed by atoms with Crippen LogP contribution in [0.1, 0.15) is 33.6 Å². The largest absolute Gasteiger partial charge is 0.391 e. The lowest BCUT2D eigenvalue weighted by molar-refractivity contribution is -0.0450. The highest BCUT2D eigenvalue weighted by atomic mass is 16.6. The lowest BCUT2D eigenvalue weighted by atomic mass is 9.70. The Labute approximate surface area is 158 Å². The minimum absolute atomic E-state index is 0.00271. The normalized spacial score (nSPS) is 40.8. The lowest BCUT2D eigenvalue weighted by Crippen LogP contribution is -2.51. The summed E-state index contributed by atoms with van der Waals surface area (Å²) in [6.07, 6.45) is 2.04. The number of ether oxygens (including phenoxy) is 4. The molecule has 0 aromatic rings. The Bertz CT molecular complexity index is 430. The topological polar surface area (TPSA) is 60.4 Å². The van der Waals surface area contributed by atoms with Crippen molar-refractivity contribution in [1.82, 2.24) is 4.90 Å². The van der Waals surface area contributed by atoms with Crippen LogP contribution < -0.4 is 0 Å². The number of nitrogens with zero attached hydrogens (tertiary/aromatic N) is 1. The van der Waals surface area contributed by atoms with Crippen molar-refractivity contribution in [3.05, 3.63) is 0 Å². The SMILES string of the molecule is CC1(C)[C@@H]2CC[C@@]1(C)[C@H](O)[C@@H]2N1CCOCCOCCOCCOCC1. The fourth-order valence-electron chi connectivity index (χ4n) is 5.28. The van der Waals surface area contributed by atoms with Gasteiger partial charge in [-0.1, -0.05) is 20.8 Å². The van der Waals surface area contributed by atoms with Crippen molar-refractivity contribution in [2.75, 3.05) is 65.9 Å². The summed E-state index contributed by atoms with van der Waals surface area (Å²) in [4.78, 5) is 2.41. The number of rotatable bonds is 1. The van der Waals surface area contributed by atoms with Crippen LogP contribution in [0.4, 0.5) is 0 Å². The van der Waals surface area contributed by atoms with Crippen LogP contribution in [0.25, 0.3) is 0 Å². The summed E-state index contributed by atoms with van der Waals surface area (Å²) in [6, 6.07) is 0.194. The van der Waals surface area contributed by atoms with Crippen molar-refractivity contribution in [2.45, 2.75) is 45.8 Å². The molecule has 0 radical (unpaired) electrons. The Kier molecular flexibility index (Phi) is 6.97. The maximum atomic E-state index is 11.2. The predicted octanol–water partition coefficient (Wildman–Crippen LogP) is 1.55. The van der Waals surface area contributed by atoms with E-state index in [0.717, 1.165) is 19.5 Å². The molecule has 2 saturated carbocycles. The molecule has 0 aromatic carbocycles. The van der Waals surface area contributed by atoms with E-state index < -0.39 is 0 Å². The molecule has 0 aromatic heterocycles. The van der Waals surface area contributed by atoms with Crippen molar-refractivity contribution >= 4 is 0 Å². The molecule has 2 bridgehead atoms. The molecule has 0 amide bonds. The number of aliphatic hydroxyl groups excluding tert-OH is 1. The molecule has 152 valence electrons. The van der Waals surface area contributed by atoms with E-state index in [4.69, 9.17) is 18.9 Å². The summed E-state index contributed by atoms with van der Waals surface area (Å²) in [5.41, 5.74) is 0.167. The van der Waals surface area contributed by atoms with E-state index in [0.29, 0.717) is 58.8 Å². The molecule has 3 fully saturated rings. The minimum Gasteiger partial charge on any atom is -0.391 e. The van der Waals surface area contributed by atoms with E-state index in [1.165, 1.54) is 6.42 Å². The molecule has 3 aliphatic rings. The first-order valence-corrected chi connectivity index (χ1v) is 10.2. The van der Waals surface area contributed by atoms with Crippen LogP contribution in [0.2, 0.25) is 0 Å². The molecule has 2 aliphatic carbocycles. The smallest absolute Gasteiger partial charge is 0.0756 e. The molecule has 1 saturated heterocycles. The summed E-state index contributed by atoms with van der Waals surface area (Å²) in [6.45, 7) is 13.5. The molecule has 0 unspecified atom stereocenters. The number of hydrogen-bond acceptors (Lipinski definition) is 6. The van der Waals surface area contributed by atoms with E-state index in [-0.39, 0.29) is 23.0 Å². The van der Waals surface area contributed by atoms with E-state index in [2.05, 4.69) is 25.7 Å². The van der Waals surface area contributed by atoms with Gasteiger partial charge in [0.1, 0.15) is 0 Å². The molecule has 0 spiro atoms. The number of aliphatic hydroxyl groups is 1. The van der Waals surface area contributed by atoms with Gasteiger partial charge >= 0.3 is 0 Å². The Hall–Kier alpha value is -0.240. The molecule has 1 N–H and O–H groups in total. The van der Waals surface area contributed by atoms with Crippen molar-refractivity contribution in [3.8, 4) is 0 Å². The van der Waals surface area contributed by atoms with E-state index >= 15 is 0 Å². The van der Waals surface area contributed by atoms with Gasteiger partial charge in [0.05, 0.1) is 59.0 Å². The van der Waals surface area contributed by atoms with Crippen LogP contribution in [0.5, 0.6) is 0 Å². The van der Waals surface area contributed by atoms with Crippen LogP contribution in [0.15, 0.2) is 0 Å². The van der Waals surface area contributed by atoms with Crippen LogP contribution in [0, 0.1) is 16.7 Å². The quantitative estimate of drug-likeness (QED) is 0.755. The second kappa shape index (κ2) is 8.84. The summed E-state index contributed by atoms with van der Waals surface area (Å²) in [7, 11) is 0. The Balaban J connectivity index is 1.63. The van der Waals surface area contributed by atoms with Gasteiger partial charge in [0.15, 0.2) is 0 Å². The Morgan fingerprint density at radius 2 is 1.23 bits per heavy atom. The summed E-state index contributed by atoms with van der Waals surface area (Å²) in [5, 5.41) is 11.2. The van der Waals surface area contributed by atoms with Crippen LogP contribution >= 0.6 is 0 Å². The zero-order valence-corrected chi connectivity index (χ0v) is 16.7. The van der Waals surface area contributed by atoms with Gasteiger partial charge in [-0.3, -0.25) is 4.90 Å². The fraction of sp³-hybridized carbons (Fsp3) is 1.00. The maximum Gasteiger partial charge on any atom is 0.0756 e. The van der Waals surface area contributed by atoms with E-state index in [1.807, 2.05) is 0 Å². The van der Waals surface area contributed by atoms with Gasteiger partial charge in [-0.2, -0.15) is 0 Å². The van der Waals surface area contributed by atoms with Gasteiger partial charge in [0.25, 0.3) is 0 Å². The van der Waals surface area contributed by atoms with Gasteiger partial charge in [-0.25, -0.2) is 0 Å². The number of fused-ring (bicyclic) bond motifs is 2. The lowest BCUT2D eigenvalue weighted by Gasteiger charge is -2.40. The van der Waals surface area contributed by atoms with Crippen LogP contribution in [-0.4, -0.2) is 88.1 Å². The number of hydrogen-bond donors (Lipinski definition) is 1. The molecule has 6 nitrogen and oxygen atoms in total. The summed E-state index contributed by atoms with van der Waals surface area (Å²) >= 11 is 0. The average Bonchev–Trinajstić information content (AvgIpc) is 2.91. The third-order valence-corrected chi connectivity index (χ3v) is 7.35. The Morgan fingerprint density at radius 3 is 1.65 bits per heavy atom. The molecule has 6 heteroatoms. The van der Waals surface area contributed by atoms with Crippen molar-refractivity contribution in [2.24, 2.45) is 16.7 Å². The second-order valence-corrected chi connectivity index (χ2v) is 8.71. The van der Waals surface area contributed by atoms with Crippen molar-refractivity contribution in [3.63, 3.8) is 0 Å². The van der Waals surface area contributed by atoms with Gasteiger partial charge in [-0.05, 0) is 24.2 Å². The molecule has 1 heterocycles. The third-order valence-electron chi connectivity index (χ3n) is 7.35. The molecule has 4 atom stereocenters. The van der Waals surface area contributed by atoms with E-state index in [1.54, 1.807) is 0 Å². The summed E-state index contributed by atoms with van der Waals surface area (Å²) < 4.78 is 22.5. The molecule has 3 rings (SSSR count). The summed E-state index contributed by atoms with van der Waals surface area (Å²) in [5.74, 6) is 0.524. The fourth-order valence-corrected chi connectivity index (χ4v) is 5.28. The first kappa shape index (κ1) is 20.5. The van der Waals surface area contributed by atoms with Gasteiger partial charge in [0, 0.05) is 24.5 Å². The molecular weight excluding hydrogens is 334 g/mol. The van der Waals surface area contributed by atoms with Gasteiger partial charge in [0.2, 0.25) is 0 Å². The van der Waals surface area contributed by atoms with Crippen LogP contribution in [0.3, 0.4) is 0 Å². The highest BCUT2D eigenvalue weighted by Crippen LogP contribution is 2.66. The van der Waals surface area contributed by atoms with E-state index in [9.17, 15) is 5.11 Å². The maximum absolute atomic E-state index is 11.2. The van der Waals surface area contributed by atoms with Crippen LogP contribution in [-0.2, 0) is 18.9 Å². The third kappa shape index (κ3) is 3.96. The molecule has 1 aliphatic heterocycles. The highest BCUT2D eigenvalue weighted by molar-refractivity contribution is 5.17. The van der Waals surface area contributed by atoms with Crippen molar-refractivity contribution < 1.29 is 24.1 Å². The second-order valence-electron chi connectivity index (χ2n) is 8.71. The van der Waals surface area contributed by atoms with Gasteiger partial charge in [-0.15, -0.1) is 0 Å². The monoisotopic (exact) mass is 371 g/mol. The zero-order chi connectivity index (χ0) is 18.6. The highest BCUT2D eigenvalue weighted by Gasteiger charge is 2.66. The molecular formula is C20H37NO5. The zero-order valence-electron chi connectivity index (χ0n) is 16.7.